The third-order valence-corrected chi connectivity index (χ3v) is 3.05. The molecule has 0 heterocycles. The first-order chi connectivity index (χ1) is 9.65. The Morgan fingerprint density at radius 3 is 2.25 bits per heavy atom. The van der Waals surface area contributed by atoms with Gasteiger partial charge in [-0.1, -0.05) is 61.2 Å². The lowest BCUT2D eigenvalue weighted by Crippen LogP contribution is -1.97. The molecule has 0 radical (unpaired) electrons. The minimum absolute atomic E-state index is 0.0794. The summed E-state index contributed by atoms with van der Waals surface area (Å²) < 4.78 is 5.65. The van der Waals surface area contributed by atoms with Crippen LogP contribution in [0.5, 0.6) is 0 Å². The van der Waals surface area contributed by atoms with E-state index >= 15 is 0 Å². The van der Waals surface area contributed by atoms with Crippen molar-refractivity contribution in [2.75, 3.05) is 0 Å². The predicted octanol–water partition coefficient (Wildman–Crippen LogP) is 4.16. The van der Waals surface area contributed by atoms with Crippen molar-refractivity contribution in [2.24, 2.45) is 0 Å². The first-order valence-electron chi connectivity index (χ1n) is 6.59. The van der Waals surface area contributed by atoms with Gasteiger partial charge in [0.15, 0.2) is 5.78 Å². The van der Waals surface area contributed by atoms with E-state index in [-0.39, 0.29) is 5.78 Å². The summed E-state index contributed by atoms with van der Waals surface area (Å²) in [4.78, 5) is 11.2. The molecule has 102 valence electrons. The van der Waals surface area contributed by atoms with Crippen LogP contribution in [0.15, 0.2) is 66.9 Å². The number of hydrogen-bond donors (Lipinski definition) is 0. The molecule has 0 aliphatic carbocycles. The second-order valence-corrected chi connectivity index (χ2v) is 4.74. The Morgan fingerprint density at radius 1 is 1.00 bits per heavy atom. The van der Waals surface area contributed by atoms with E-state index in [9.17, 15) is 4.79 Å². The second-order valence-electron chi connectivity index (χ2n) is 4.74. The fraction of sp³-hybridized carbons (Fsp3) is 0.167. The van der Waals surface area contributed by atoms with Gasteiger partial charge in [0.1, 0.15) is 6.61 Å². The zero-order chi connectivity index (χ0) is 14.4. The Hall–Kier alpha value is -2.35. The Kier molecular flexibility index (Phi) is 4.72. The van der Waals surface area contributed by atoms with Crippen LogP contribution >= 0.6 is 0 Å². The number of benzene rings is 2. The summed E-state index contributed by atoms with van der Waals surface area (Å²) >= 11 is 0. The number of ether oxygens (including phenoxy) is 1. The highest BCUT2D eigenvalue weighted by Crippen LogP contribution is 2.12. The fourth-order valence-electron chi connectivity index (χ4n) is 1.90. The molecular formula is C18H18O2. The molecule has 2 heteroatoms. The molecule has 2 nitrogen and oxygen atoms in total. The smallest absolute Gasteiger partial charge is 0.159 e. The Bertz CT molecular complexity index is 583. The lowest BCUT2D eigenvalue weighted by atomic mass is 10.1. The topological polar surface area (TPSA) is 26.3 Å². The van der Waals surface area contributed by atoms with Crippen LogP contribution < -0.4 is 0 Å². The van der Waals surface area contributed by atoms with Crippen LogP contribution in [0.1, 0.15) is 28.4 Å². The highest BCUT2D eigenvalue weighted by Gasteiger charge is 2.02. The van der Waals surface area contributed by atoms with Gasteiger partial charge in [-0.15, -0.1) is 0 Å². The minimum Gasteiger partial charge on any atom is -0.494 e. The summed E-state index contributed by atoms with van der Waals surface area (Å²) in [6.07, 6.45) is 0.658. The van der Waals surface area contributed by atoms with Gasteiger partial charge in [-0.2, -0.15) is 0 Å². The highest BCUT2D eigenvalue weighted by molar-refractivity contribution is 5.94. The Morgan fingerprint density at radius 2 is 1.65 bits per heavy atom. The van der Waals surface area contributed by atoms with Crippen molar-refractivity contribution in [2.45, 2.75) is 20.0 Å². The molecular weight excluding hydrogens is 248 g/mol. The quantitative estimate of drug-likeness (QED) is 0.579. The van der Waals surface area contributed by atoms with Crippen molar-refractivity contribution in [3.63, 3.8) is 0 Å². The predicted molar refractivity (Wildman–Crippen MR) is 80.5 cm³/mol. The first kappa shape index (κ1) is 14.1. The van der Waals surface area contributed by atoms with E-state index in [0.717, 1.165) is 22.4 Å². The summed E-state index contributed by atoms with van der Waals surface area (Å²) in [5, 5.41) is 0. The molecule has 2 aromatic rings. The number of allylic oxidation sites excluding steroid dienone is 1. The maximum Gasteiger partial charge on any atom is 0.159 e. The van der Waals surface area contributed by atoms with Gasteiger partial charge in [0.25, 0.3) is 0 Å². The first-order valence-corrected chi connectivity index (χ1v) is 6.59. The molecule has 0 unspecified atom stereocenters. The standard InChI is InChI=1S/C18H18O2/c1-14(20-13-17-6-4-3-5-7-17)12-16-8-10-18(11-9-16)15(2)19/h3-11H,1,12-13H2,2H3. The van der Waals surface area contributed by atoms with Gasteiger partial charge >= 0.3 is 0 Å². The number of carbonyl (C=O) groups is 1. The molecule has 0 aliphatic heterocycles. The van der Waals surface area contributed by atoms with Gasteiger partial charge in [0, 0.05) is 12.0 Å². The molecule has 20 heavy (non-hydrogen) atoms. The van der Waals surface area contributed by atoms with Gasteiger partial charge in [0.05, 0.1) is 5.76 Å². The summed E-state index contributed by atoms with van der Waals surface area (Å²) in [6.45, 7) is 6.03. The highest BCUT2D eigenvalue weighted by atomic mass is 16.5. The molecule has 0 fully saturated rings. The van der Waals surface area contributed by atoms with Gasteiger partial charge in [-0.05, 0) is 18.1 Å². The Labute approximate surface area is 119 Å². The van der Waals surface area contributed by atoms with Crippen LogP contribution in [0.2, 0.25) is 0 Å². The average Bonchev–Trinajstić information content (AvgIpc) is 2.47. The molecule has 0 spiro atoms. The SMILES string of the molecule is C=C(Cc1ccc(C(C)=O)cc1)OCc1ccccc1. The maximum atomic E-state index is 11.2. The molecule has 0 aliphatic rings. The van der Waals surface area contributed by atoms with Crippen molar-refractivity contribution < 1.29 is 9.53 Å². The molecule has 0 saturated heterocycles. The number of ketones is 1. The largest absolute Gasteiger partial charge is 0.494 e. The van der Waals surface area contributed by atoms with Gasteiger partial charge < -0.3 is 4.74 Å². The van der Waals surface area contributed by atoms with Crippen LogP contribution in [0, 0.1) is 0 Å². The maximum absolute atomic E-state index is 11.2. The van der Waals surface area contributed by atoms with Gasteiger partial charge in [-0.25, -0.2) is 0 Å². The van der Waals surface area contributed by atoms with E-state index in [2.05, 4.69) is 6.58 Å². The fourth-order valence-corrected chi connectivity index (χ4v) is 1.90. The van der Waals surface area contributed by atoms with Gasteiger partial charge in [0.2, 0.25) is 0 Å². The van der Waals surface area contributed by atoms with Crippen LogP contribution in [-0.4, -0.2) is 5.78 Å². The minimum atomic E-state index is 0.0794. The van der Waals surface area contributed by atoms with E-state index in [1.54, 1.807) is 6.92 Å². The normalized spacial score (nSPS) is 10.1. The molecule has 0 atom stereocenters. The zero-order valence-electron chi connectivity index (χ0n) is 11.6. The van der Waals surface area contributed by atoms with Crippen LogP contribution in [0.25, 0.3) is 0 Å². The summed E-state index contributed by atoms with van der Waals surface area (Å²) in [5.41, 5.74) is 2.94. The third kappa shape index (κ3) is 4.09. The van der Waals surface area contributed by atoms with Crippen LogP contribution in [-0.2, 0) is 17.8 Å². The lowest BCUT2D eigenvalue weighted by Gasteiger charge is -2.09. The van der Waals surface area contributed by atoms with Crippen molar-refractivity contribution in [1.82, 2.24) is 0 Å². The van der Waals surface area contributed by atoms with Crippen molar-refractivity contribution in [1.29, 1.82) is 0 Å². The summed E-state index contributed by atoms with van der Waals surface area (Å²) in [7, 11) is 0. The van der Waals surface area contributed by atoms with Crippen LogP contribution in [0.3, 0.4) is 0 Å². The van der Waals surface area contributed by atoms with E-state index < -0.39 is 0 Å². The van der Waals surface area contributed by atoms with Crippen molar-refractivity contribution in [3.05, 3.63) is 83.6 Å². The summed E-state index contributed by atoms with van der Waals surface area (Å²) in [6, 6.07) is 17.6. The van der Waals surface area contributed by atoms with E-state index in [1.165, 1.54) is 0 Å². The number of rotatable bonds is 6. The lowest BCUT2D eigenvalue weighted by molar-refractivity contribution is 0.101. The Balaban J connectivity index is 1.86. The number of Topliss-reactive ketones (excluding diaryl/α,β-unsaturated/α-hetero) is 1. The molecule has 0 amide bonds. The number of carbonyl (C=O) groups excluding carboxylic acids is 1. The molecule has 2 aromatic carbocycles. The van der Waals surface area contributed by atoms with E-state index in [1.807, 2.05) is 54.6 Å². The van der Waals surface area contributed by atoms with E-state index in [4.69, 9.17) is 4.74 Å². The third-order valence-electron chi connectivity index (χ3n) is 3.05. The van der Waals surface area contributed by atoms with Crippen molar-refractivity contribution in [3.8, 4) is 0 Å². The van der Waals surface area contributed by atoms with Crippen LogP contribution in [0.4, 0.5) is 0 Å². The van der Waals surface area contributed by atoms with Crippen molar-refractivity contribution >= 4 is 5.78 Å². The molecule has 2 rings (SSSR count). The molecule has 0 N–H and O–H groups in total. The molecule has 0 aromatic heterocycles. The average molecular weight is 266 g/mol. The summed E-state index contributed by atoms with van der Waals surface area (Å²) in [5.74, 6) is 0.806. The zero-order valence-corrected chi connectivity index (χ0v) is 11.6. The number of hydrogen-bond acceptors (Lipinski definition) is 2. The van der Waals surface area contributed by atoms with E-state index in [0.29, 0.717) is 13.0 Å². The van der Waals surface area contributed by atoms with Gasteiger partial charge in [-0.3, -0.25) is 4.79 Å². The molecule has 0 bridgehead atoms. The monoisotopic (exact) mass is 266 g/mol. The second kappa shape index (κ2) is 6.71. The molecule has 0 saturated carbocycles.